The maximum Gasteiger partial charge on any atom is 0.416 e. The first kappa shape index (κ1) is 28.1. The lowest BCUT2D eigenvalue weighted by Crippen LogP contribution is -2.38. The van der Waals surface area contributed by atoms with Crippen LogP contribution >= 0.6 is 0 Å². The fourth-order valence-electron chi connectivity index (χ4n) is 5.66. The second kappa shape index (κ2) is 11.8. The number of likely N-dealkylation sites (tertiary alicyclic amines) is 1. The smallest absolute Gasteiger partial charge is 0.395 e. The summed E-state index contributed by atoms with van der Waals surface area (Å²) in [5.41, 5.74) is 7.24. The van der Waals surface area contributed by atoms with Gasteiger partial charge in [0.15, 0.2) is 0 Å². The van der Waals surface area contributed by atoms with Gasteiger partial charge in [0.1, 0.15) is 0 Å². The molecule has 4 rings (SSSR count). The molecule has 1 saturated heterocycles. The Morgan fingerprint density at radius 1 is 1.11 bits per heavy atom. The second-order valence-corrected chi connectivity index (χ2v) is 10.5. The summed E-state index contributed by atoms with van der Waals surface area (Å²) in [5, 5.41) is 11.7. The molecule has 1 atom stereocenters. The molecule has 0 bridgehead atoms. The van der Waals surface area contributed by atoms with Crippen LogP contribution in [0, 0.1) is 5.92 Å². The van der Waals surface area contributed by atoms with Crippen molar-refractivity contribution in [1.82, 2.24) is 9.80 Å². The number of benzene rings is 2. The molecule has 1 fully saturated rings. The summed E-state index contributed by atoms with van der Waals surface area (Å²) >= 11 is 0. The summed E-state index contributed by atoms with van der Waals surface area (Å²) in [4.78, 5) is 28.4. The van der Waals surface area contributed by atoms with Crippen LogP contribution in [-0.2, 0) is 23.9 Å². The van der Waals surface area contributed by atoms with Gasteiger partial charge in [0, 0.05) is 30.9 Å². The van der Waals surface area contributed by atoms with E-state index in [0.717, 1.165) is 43.1 Å². The summed E-state index contributed by atoms with van der Waals surface area (Å²) in [7, 11) is 0. The Labute approximate surface area is 220 Å². The Hall–Kier alpha value is -2.95. The van der Waals surface area contributed by atoms with E-state index in [0.29, 0.717) is 31.6 Å². The highest BCUT2D eigenvalue weighted by molar-refractivity contribution is 6.04. The third-order valence-electron chi connectivity index (χ3n) is 7.55. The van der Waals surface area contributed by atoms with Gasteiger partial charge in [-0.2, -0.15) is 13.2 Å². The Morgan fingerprint density at radius 3 is 2.50 bits per heavy atom. The number of nitrogens with two attached hydrogens (primary N) is 1. The molecule has 0 saturated carbocycles. The van der Waals surface area contributed by atoms with Crippen LogP contribution in [0.25, 0.3) is 0 Å². The number of rotatable bonds is 8. The van der Waals surface area contributed by atoms with E-state index in [-0.39, 0.29) is 36.2 Å². The molecule has 2 aliphatic rings. The number of carbonyl (C=O) groups excluding carboxylic acids is 2. The van der Waals surface area contributed by atoms with Crippen molar-refractivity contribution in [2.24, 2.45) is 11.7 Å². The van der Waals surface area contributed by atoms with Crippen LogP contribution < -0.4 is 11.1 Å². The number of fused-ring (bicyclic) bond motifs is 1. The van der Waals surface area contributed by atoms with Crippen LogP contribution in [0.1, 0.15) is 58.3 Å². The Morgan fingerprint density at radius 2 is 1.84 bits per heavy atom. The summed E-state index contributed by atoms with van der Waals surface area (Å²) in [6.07, 6.45) is -2.66. The molecule has 2 aromatic rings. The van der Waals surface area contributed by atoms with Crippen LogP contribution in [-0.4, -0.2) is 66.1 Å². The van der Waals surface area contributed by atoms with Gasteiger partial charge in [0.25, 0.3) is 5.91 Å². The number of halogens is 3. The minimum absolute atomic E-state index is 0.0778. The number of aliphatic hydroxyl groups excluding tert-OH is 1. The second-order valence-electron chi connectivity index (χ2n) is 10.5. The average molecular weight is 533 g/mol. The summed E-state index contributed by atoms with van der Waals surface area (Å²) in [6, 6.07) is 9.29. The Kier molecular flexibility index (Phi) is 8.74. The Balaban J connectivity index is 1.47. The van der Waals surface area contributed by atoms with Crippen molar-refractivity contribution >= 4 is 17.5 Å². The van der Waals surface area contributed by atoms with Crippen LogP contribution in [0.2, 0.25) is 0 Å². The van der Waals surface area contributed by atoms with Gasteiger partial charge in [0.2, 0.25) is 5.91 Å². The highest BCUT2D eigenvalue weighted by atomic mass is 19.4. The maximum absolute atomic E-state index is 14.0. The molecule has 4 N–H and O–H groups in total. The molecule has 2 aromatic carbocycles. The first-order valence-electron chi connectivity index (χ1n) is 13.0. The zero-order chi connectivity index (χ0) is 27.4. The van der Waals surface area contributed by atoms with E-state index < -0.39 is 23.6 Å². The number of hydrogen-bond acceptors (Lipinski definition) is 5. The molecule has 7 nitrogen and oxygen atoms in total. The number of carbonyl (C=O) groups is 2. The molecular formula is C28H35F3N4O3. The highest BCUT2D eigenvalue weighted by Crippen LogP contribution is 2.36. The number of β-amino-alcohol motifs (C(OH)–C–C–N with tert-alkyl or cyclic N) is 1. The van der Waals surface area contributed by atoms with Gasteiger partial charge < -0.3 is 21.1 Å². The van der Waals surface area contributed by atoms with E-state index in [1.165, 1.54) is 12.1 Å². The largest absolute Gasteiger partial charge is 0.416 e. The molecule has 2 amide bonds. The van der Waals surface area contributed by atoms with Crippen LogP contribution in [0.15, 0.2) is 36.4 Å². The van der Waals surface area contributed by atoms with E-state index in [4.69, 9.17) is 10.8 Å². The lowest BCUT2D eigenvalue weighted by Gasteiger charge is -2.32. The Bertz CT molecular complexity index is 1160. The topological polar surface area (TPSA) is 98.9 Å². The monoisotopic (exact) mass is 532 g/mol. The predicted octanol–water partition coefficient (Wildman–Crippen LogP) is 3.61. The lowest BCUT2D eigenvalue weighted by atomic mass is 9.88. The molecule has 2 aliphatic heterocycles. The maximum atomic E-state index is 14.0. The molecule has 2 heterocycles. The number of piperidine rings is 1. The fraction of sp³-hybridized carbons (Fsp3) is 0.500. The van der Waals surface area contributed by atoms with Crippen LogP contribution in [0.5, 0.6) is 0 Å². The van der Waals surface area contributed by atoms with E-state index in [2.05, 4.69) is 10.2 Å². The number of nitrogens with zero attached hydrogens (tertiary/aromatic N) is 2. The predicted molar refractivity (Wildman–Crippen MR) is 139 cm³/mol. The summed E-state index contributed by atoms with van der Waals surface area (Å²) in [6.45, 7) is 5.49. The first-order valence-corrected chi connectivity index (χ1v) is 13.0. The first-order chi connectivity index (χ1) is 18.0. The van der Waals surface area contributed by atoms with E-state index >= 15 is 0 Å². The molecule has 206 valence electrons. The quantitative estimate of drug-likeness (QED) is 0.483. The molecule has 0 spiro atoms. The molecule has 38 heavy (non-hydrogen) atoms. The number of alkyl halides is 3. The third-order valence-corrected chi connectivity index (χ3v) is 7.55. The normalized spacial score (nSPS) is 19.2. The van der Waals surface area contributed by atoms with Gasteiger partial charge in [-0.1, -0.05) is 19.1 Å². The number of primary amides is 1. The zero-order valence-corrected chi connectivity index (χ0v) is 21.6. The van der Waals surface area contributed by atoms with Gasteiger partial charge >= 0.3 is 6.18 Å². The standard InChI is InChI=1S/C28H35F3N4O3/c1-18-15-35(17-26(32)37)16-22-13-21(3-5-24(18)22)27(38)33-23-4-2-20(25(14-23)28(29,30)31)12-19-6-8-34(9-7-19)10-11-36/h2-5,13-14,18-19,36H,6-12,15-17H2,1H3,(H2,32,37)(H,33,38)/t18-/m0/s1. The number of nitrogens with one attached hydrogen (secondary N) is 1. The van der Waals surface area contributed by atoms with Gasteiger partial charge in [-0.3, -0.25) is 14.5 Å². The molecular weight excluding hydrogens is 497 g/mol. The van der Waals surface area contributed by atoms with Crippen molar-refractivity contribution in [3.05, 3.63) is 64.2 Å². The number of hydrogen-bond donors (Lipinski definition) is 3. The minimum Gasteiger partial charge on any atom is -0.395 e. The minimum atomic E-state index is -4.54. The van der Waals surface area contributed by atoms with Crippen LogP contribution in [0.4, 0.5) is 18.9 Å². The molecule has 0 radical (unpaired) electrons. The van der Waals surface area contributed by atoms with Gasteiger partial charge in [-0.15, -0.1) is 0 Å². The number of anilines is 1. The van der Waals surface area contributed by atoms with Gasteiger partial charge in [-0.25, -0.2) is 0 Å². The fourth-order valence-corrected chi connectivity index (χ4v) is 5.66. The van der Waals surface area contributed by atoms with Crippen molar-refractivity contribution in [2.75, 3.05) is 44.6 Å². The molecule has 0 unspecified atom stereocenters. The molecule has 0 aromatic heterocycles. The SMILES string of the molecule is C[C@H]1CN(CC(N)=O)Cc2cc(C(=O)Nc3ccc(CC4CCN(CCO)CC4)c(C(F)(F)F)c3)ccc21. The van der Waals surface area contributed by atoms with Crippen molar-refractivity contribution in [2.45, 2.75) is 44.8 Å². The van der Waals surface area contributed by atoms with Crippen molar-refractivity contribution in [1.29, 1.82) is 0 Å². The van der Waals surface area contributed by atoms with E-state index in [9.17, 15) is 22.8 Å². The third kappa shape index (κ3) is 6.92. The molecule has 0 aliphatic carbocycles. The van der Waals surface area contributed by atoms with Crippen molar-refractivity contribution < 1.29 is 27.9 Å². The number of aliphatic hydroxyl groups is 1. The number of amides is 2. The van der Waals surface area contributed by atoms with Crippen molar-refractivity contribution in [3.63, 3.8) is 0 Å². The van der Waals surface area contributed by atoms with Gasteiger partial charge in [0.05, 0.1) is 18.7 Å². The van der Waals surface area contributed by atoms with Crippen LogP contribution in [0.3, 0.4) is 0 Å². The van der Waals surface area contributed by atoms with Crippen molar-refractivity contribution in [3.8, 4) is 0 Å². The summed E-state index contributed by atoms with van der Waals surface area (Å²) < 4.78 is 41.9. The molecule has 10 heteroatoms. The van der Waals surface area contributed by atoms with E-state index in [1.807, 2.05) is 17.9 Å². The zero-order valence-electron chi connectivity index (χ0n) is 21.6. The van der Waals surface area contributed by atoms with E-state index in [1.54, 1.807) is 12.1 Å². The average Bonchev–Trinajstić information content (AvgIpc) is 2.85. The van der Waals surface area contributed by atoms with Gasteiger partial charge in [-0.05, 0) is 85.1 Å². The summed E-state index contributed by atoms with van der Waals surface area (Å²) in [5.74, 6) is -0.632. The highest BCUT2D eigenvalue weighted by Gasteiger charge is 2.34. The lowest BCUT2D eigenvalue weighted by molar-refractivity contribution is -0.138.